The highest BCUT2D eigenvalue weighted by Gasteiger charge is 2.30. The van der Waals surface area contributed by atoms with Crippen molar-refractivity contribution < 1.29 is 22.4 Å². The highest BCUT2D eigenvalue weighted by molar-refractivity contribution is 6.03. The highest BCUT2D eigenvalue weighted by Crippen LogP contribution is 2.30. The van der Waals surface area contributed by atoms with Crippen molar-refractivity contribution >= 4 is 17.3 Å². The van der Waals surface area contributed by atoms with Gasteiger partial charge >= 0.3 is 6.18 Å². The molecule has 0 unspecified atom stereocenters. The second-order valence-electron chi connectivity index (χ2n) is 5.91. The van der Waals surface area contributed by atoms with Crippen molar-refractivity contribution in [3.8, 4) is 0 Å². The fourth-order valence-corrected chi connectivity index (χ4v) is 2.47. The summed E-state index contributed by atoms with van der Waals surface area (Å²) in [5.41, 5.74) is 0.127. The van der Waals surface area contributed by atoms with E-state index in [0.29, 0.717) is 11.3 Å². The molecule has 28 heavy (non-hydrogen) atoms. The second kappa shape index (κ2) is 8.08. The van der Waals surface area contributed by atoms with E-state index in [-0.39, 0.29) is 23.7 Å². The highest BCUT2D eigenvalue weighted by atomic mass is 19.4. The fraction of sp³-hybridized carbons (Fsp3) is 0.100. The summed E-state index contributed by atoms with van der Waals surface area (Å²) in [6, 6.07) is 13.6. The number of pyridine rings is 1. The van der Waals surface area contributed by atoms with Gasteiger partial charge in [-0.15, -0.1) is 0 Å². The van der Waals surface area contributed by atoms with Crippen molar-refractivity contribution in [2.45, 2.75) is 12.7 Å². The third-order valence-electron chi connectivity index (χ3n) is 3.88. The summed E-state index contributed by atoms with van der Waals surface area (Å²) in [4.78, 5) is 16.2. The molecule has 0 atom stereocenters. The number of benzene rings is 2. The van der Waals surface area contributed by atoms with Gasteiger partial charge < -0.3 is 10.6 Å². The first-order valence-corrected chi connectivity index (χ1v) is 8.25. The number of carbonyl (C=O) groups excluding carboxylic acids is 1. The SMILES string of the molecule is O=C(Nc1cccc(C(F)(F)F)c1)c1cc(NCc2ccccc2F)ccn1. The summed E-state index contributed by atoms with van der Waals surface area (Å²) in [6.45, 7) is 0.200. The first-order chi connectivity index (χ1) is 13.3. The number of nitrogens with one attached hydrogen (secondary N) is 2. The van der Waals surface area contributed by atoms with E-state index in [9.17, 15) is 22.4 Å². The van der Waals surface area contributed by atoms with E-state index in [4.69, 9.17) is 0 Å². The molecule has 0 saturated carbocycles. The topological polar surface area (TPSA) is 54.0 Å². The number of halogens is 4. The van der Waals surface area contributed by atoms with Crippen LogP contribution < -0.4 is 10.6 Å². The molecule has 4 nitrogen and oxygen atoms in total. The maximum absolute atomic E-state index is 13.7. The Balaban J connectivity index is 1.70. The van der Waals surface area contributed by atoms with Gasteiger partial charge in [0.15, 0.2) is 0 Å². The number of hydrogen-bond donors (Lipinski definition) is 2. The van der Waals surface area contributed by atoms with E-state index in [2.05, 4.69) is 15.6 Å². The number of nitrogens with zero attached hydrogens (tertiary/aromatic N) is 1. The molecule has 0 bridgehead atoms. The van der Waals surface area contributed by atoms with Gasteiger partial charge in [0, 0.05) is 29.7 Å². The zero-order valence-electron chi connectivity index (χ0n) is 14.4. The lowest BCUT2D eigenvalue weighted by Crippen LogP contribution is -2.15. The molecule has 0 aliphatic heterocycles. The van der Waals surface area contributed by atoms with Crippen molar-refractivity contribution in [3.63, 3.8) is 0 Å². The van der Waals surface area contributed by atoms with Crippen LogP contribution in [0.5, 0.6) is 0 Å². The molecule has 2 aromatic carbocycles. The van der Waals surface area contributed by atoms with Crippen molar-refractivity contribution in [3.05, 3.63) is 89.5 Å². The van der Waals surface area contributed by atoms with Gasteiger partial charge in [-0.3, -0.25) is 9.78 Å². The molecule has 0 fully saturated rings. The normalized spacial score (nSPS) is 11.1. The second-order valence-corrected chi connectivity index (χ2v) is 5.91. The minimum absolute atomic E-state index is 0.00587. The minimum Gasteiger partial charge on any atom is -0.381 e. The van der Waals surface area contributed by atoms with E-state index < -0.39 is 17.6 Å². The maximum atomic E-state index is 13.7. The quantitative estimate of drug-likeness (QED) is 0.597. The van der Waals surface area contributed by atoms with Crippen LogP contribution in [-0.2, 0) is 12.7 Å². The summed E-state index contributed by atoms with van der Waals surface area (Å²) in [5, 5.41) is 5.37. The van der Waals surface area contributed by atoms with Gasteiger partial charge in [-0.1, -0.05) is 24.3 Å². The van der Waals surface area contributed by atoms with Crippen molar-refractivity contribution in [1.82, 2.24) is 4.98 Å². The molecule has 1 aromatic heterocycles. The van der Waals surface area contributed by atoms with E-state index in [1.807, 2.05) is 0 Å². The lowest BCUT2D eigenvalue weighted by Gasteiger charge is -2.11. The van der Waals surface area contributed by atoms with Crippen molar-refractivity contribution in [2.24, 2.45) is 0 Å². The van der Waals surface area contributed by atoms with E-state index >= 15 is 0 Å². The molecule has 3 rings (SSSR count). The summed E-state index contributed by atoms with van der Waals surface area (Å²) < 4.78 is 52.0. The molecule has 8 heteroatoms. The molecule has 1 amide bonds. The molecular formula is C20H15F4N3O. The number of hydrogen-bond acceptors (Lipinski definition) is 3. The number of amides is 1. The Hall–Kier alpha value is -3.42. The Morgan fingerprint density at radius 3 is 2.50 bits per heavy atom. The van der Waals surface area contributed by atoms with Crippen LogP contribution >= 0.6 is 0 Å². The standard InChI is InChI=1S/C20H15F4N3O/c21-17-7-2-1-4-13(17)12-26-15-8-9-25-18(11-15)19(28)27-16-6-3-5-14(10-16)20(22,23)24/h1-11H,12H2,(H,25,26)(H,27,28). The number of rotatable bonds is 5. The summed E-state index contributed by atoms with van der Waals surface area (Å²) in [7, 11) is 0. The van der Waals surface area contributed by atoms with Crippen molar-refractivity contribution in [1.29, 1.82) is 0 Å². The third-order valence-corrected chi connectivity index (χ3v) is 3.88. The van der Waals surface area contributed by atoms with Gasteiger partial charge in [0.25, 0.3) is 5.91 Å². The predicted molar refractivity (Wildman–Crippen MR) is 97.4 cm³/mol. The summed E-state index contributed by atoms with van der Waals surface area (Å²) in [6.07, 6.45) is -3.12. The van der Waals surface area contributed by atoms with E-state index in [0.717, 1.165) is 12.1 Å². The zero-order valence-corrected chi connectivity index (χ0v) is 14.4. The minimum atomic E-state index is -4.50. The van der Waals surface area contributed by atoms with Crippen molar-refractivity contribution in [2.75, 3.05) is 10.6 Å². The molecule has 0 aliphatic rings. The average Bonchev–Trinajstić information content (AvgIpc) is 2.67. The lowest BCUT2D eigenvalue weighted by atomic mass is 10.2. The van der Waals surface area contributed by atoms with Gasteiger partial charge in [-0.05, 0) is 36.4 Å². The molecule has 0 saturated heterocycles. The Morgan fingerprint density at radius 1 is 0.964 bits per heavy atom. The largest absolute Gasteiger partial charge is 0.416 e. The Bertz CT molecular complexity index is 989. The molecular weight excluding hydrogens is 374 g/mol. The van der Waals surface area contributed by atoms with Crippen LogP contribution in [0, 0.1) is 5.82 Å². The zero-order chi connectivity index (χ0) is 20.1. The molecule has 1 heterocycles. The lowest BCUT2D eigenvalue weighted by molar-refractivity contribution is -0.137. The predicted octanol–water partition coefficient (Wildman–Crippen LogP) is 5.10. The van der Waals surface area contributed by atoms with Gasteiger partial charge in [0.2, 0.25) is 0 Å². The van der Waals surface area contributed by atoms with Crippen LogP contribution in [0.4, 0.5) is 28.9 Å². The Labute approximate surface area is 158 Å². The molecule has 0 aliphatic carbocycles. The Morgan fingerprint density at radius 2 is 1.75 bits per heavy atom. The van der Waals surface area contributed by atoms with Crippen LogP contribution in [0.3, 0.4) is 0 Å². The third kappa shape index (κ3) is 4.85. The number of aromatic nitrogens is 1. The smallest absolute Gasteiger partial charge is 0.381 e. The molecule has 144 valence electrons. The van der Waals surface area contributed by atoms with Crippen LogP contribution in [0.2, 0.25) is 0 Å². The van der Waals surface area contributed by atoms with Crippen LogP contribution in [0.1, 0.15) is 21.6 Å². The van der Waals surface area contributed by atoms with E-state index in [1.54, 1.807) is 24.3 Å². The van der Waals surface area contributed by atoms with Gasteiger partial charge in [0.05, 0.1) is 5.56 Å². The Kier molecular flexibility index (Phi) is 5.58. The molecule has 0 spiro atoms. The first-order valence-electron chi connectivity index (χ1n) is 8.25. The number of alkyl halides is 3. The molecule has 2 N–H and O–H groups in total. The van der Waals surface area contributed by atoms with Crippen LogP contribution in [0.15, 0.2) is 66.9 Å². The van der Waals surface area contributed by atoms with Gasteiger partial charge in [-0.25, -0.2) is 4.39 Å². The molecule has 3 aromatic rings. The van der Waals surface area contributed by atoms with Crippen LogP contribution in [-0.4, -0.2) is 10.9 Å². The summed E-state index contributed by atoms with van der Waals surface area (Å²) in [5.74, 6) is -1.01. The van der Waals surface area contributed by atoms with Gasteiger partial charge in [0.1, 0.15) is 11.5 Å². The molecule has 0 radical (unpaired) electrons. The maximum Gasteiger partial charge on any atom is 0.416 e. The monoisotopic (exact) mass is 389 g/mol. The number of anilines is 2. The fourth-order valence-electron chi connectivity index (χ4n) is 2.47. The van der Waals surface area contributed by atoms with Crippen LogP contribution in [0.25, 0.3) is 0 Å². The van der Waals surface area contributed by atoms with Gasteiger partial charge in [-0.2, -0.15) is 13.2 Å². The average molecular weight is 389 g/mol. The van der Waals surface area contributed by atoms with E-state index in [1.165, 1.54) is 30.5 Å². The first kappa shape index (κ1) is 19.3. The summed E-state index contributed by atoms with van der Waals surface area (Å²) >= 11 is 0. The number of carbonyl (C=O) groups is 1.